The van der Waals surface area contributed by atoms with Crippen molar-refractivity contribution in [3.63, 3.8) is 0 Å². The fourth-order valence-corrected chi connectivity index (χ4v) is 2.85. The van der Waals surface area contributed by atoms with Crippen molar-refractivity contribution in [3.8, 4) is 0 Å². The third-order valence-corrected chi connectivity index (χ3v) is 3.93. The normalized spacial score (nSPS) is 19.5. The Morgan fingerprint density at radius 2 is 2.32 bits per heavy atom. The van der Waals surface area contributed by atoms with E-state index in [0.717, 1.165) is 30.5 Å². The van der Waals surface area contributed by atoms with Gasteiger partial charge < -0.3 is 5.11 Å². The molecule has 0 saturated carbocycles. The van der Waals surface area contributed by atoms with Crippen molar-refractivity contribution in [2.75, 3.05) is 13.1 Å². The monoisotopic (exact) mass is 265 g/mol. The van der Waals surface area contributed by atoms with Crippen LogP contribution in [0.3, 0.4) is 0 Å². The number of carboxylic acids is 1. The van der Waals surface area contributed by atoms with Gasteiger partial charge in [-0.1, -0.05) is 19.9 Å². The molecule has 19 heavy (non-hydrogen) atoms. The minimum absolute atomic E-state index is 0.193. The Morgan fingerprint density at radius 3 is 2.95 bits per heavy atom. The number of hydrogen-bond donors (Lipinski definition) is 1. The van der Waals surface area contributed by atoms with Crippen molar-refractivity contribution in [1.82, 2.24) is 4.90 Å². The molecule has 0 spiro atoms. The summed E-state index contributed by atoms with van der Waals surface area (Å²) in [6, 6.07) is 5.16. The van der Waals surface area contributed by atoms with Crippen LogP contribution in [0.5, 0.6) is 0 Å². The first kappa shape index (κ1) is 14.0. The zero-order valence-electron chi connectivity index (χ0n) is 11.4. The molecule has 1 aliphatic carbocycles. The predicted octanol–water partition coefficient (Wildman–Crippen LogP) is 2.86. The van der Waals surface area contributed by atoms with E-state index >= 15 is 0 Å². The molecule has 0 aromatic heterocycles. The summed E-state index contributed by atoms with van der Waals surface area (Å²) >= 11 is 0. The van der Waals surface area contributed by atoms with Crippen LogP contribution in [-0.2, 0) is 11.2 Å². The number of carbonyl (C=O) groups is 1. The van der Waals surface area contributed by atoms with Gasteiger partial charge in [0, 0.05) is 12.6 Å². The molecule has 2 atom stereocenters. The predicted molar refractivity (Wildman–Crippen MR) is 71.5 cm³/mol. The standard InChI is InChI=1S/C15H20FNO2/c1-3-17(9-10(2)15(18)19)14-7-4-11-8-12(16)5-6-13(11)14/h5-6,8,10,14H,3-4,7,9H2,1-2H3,(H,18,19). The van der Waals surface area contributed by atoms with Gasteiger partial charge in [-0.05, 0) is 42.6 Å². The second-order valence-electron chi connectivity index (χ2n) is 5.22. The Kier molecular flexibility index (Phi) is 4.20. The van der Waals surface area contributed by atoms with Crippen LogP contribution in [0.15, 0.2) is 18.2 Å². The third-order valence-electron chi connectivity index (χ3n) is 3.93. The van der Waals surface area contributed by atoms with E-state index in [9.17, 15) is 9.18 Å². The van der Waals surface area contributed by atoms with E-state index in [2.05, 4.69) is 4.90 Å². The molecule has 0 saturated heterocycles. The number of aliphatic carboxylic acids is 1. The first-order valence-electron chi connectivity index (χ1n) is 6.78. The molecule has 1 N–H and O–H groups in total. The molecule has 3 nitrogen and oxygen atoms in total. The van der Waals surface area contributed by atoms with Crippen LogP contribution in [0.25, 0.3) is 0 Å². The minimum Gasteiger partial charge on any atom is -0.481 e. The van der Waals surface area contributed by atoms with Gasteiger partial charge in [0.25, 0.3) is 0 Å². The maximum atomic E-state index is 13.2. The molecular formula is C15H20FNO2. The lowest BCUT2D eigenvalue weighted by Gasteiger charge is -2.29. The summed E-state index contributed by atoms with van der Waals surface area (Å²) < 4.78 is 13.2. The summed E-state index contributed by atoms with van der Waals surface area (Å²) in [6.45, 7) is 5.11. The highest BCUT2D eigenvalue weighted by atomic mass is 19.1. The molecule has 0 fully saturated rings. The van der Waals surface area contributed by atoms with Gasteiger partial charge in [-0.15, -0.1) is 0 Å². The summed E-state index contributed by atoms with van der Waals surface area (Å²) in [5.41, 5.74) is 2.22. The van der Waals surface area contributed by atoms with Gasteiger partial charge in [0.1, 0.15) is 5.82 Å². The Balaban J connectivity index is 2.16. The third kappa shape index (κ3) is 2.95. The van der Waals surface area contributed by atoms with Gasteiger partial charge in [-0.2, -0.15) is 0 Å². The van der Waals surface area contributed by atoms with E-state index < -0.39 is 5.97 Å². The van der Waals surface area contributed by atoms with Gasteiger partial charge in [0.05, 0.1) is 5.92 Å². The number of fused-ring (bicyclic) bond motifs is 1. The molecule has 1 aromatic carbocycles. The number of benzene rings is 1. The van der Waals surface area contributed by atoms with Crippen LogP contribution in [0.4, 0.5) is 4.39 Å². The van der Waals surface area contributed by atoms with Crippen LogP contribution < -0.4 is 0 Å². The molecule has 2 unspecified atom stereocenters. The molecule has 1 aromatic rings. The molecule has 0 amide bonds. The number of rotatable bonds is 5. The molecule has 1 aliphatic rings. The topological polar surface area (TPSA) is 40.5 Å². The van der Waals surface area contributed by atoms with Crippen LogP contribution in [0.1, 0.15) is 37.4 Å². The van der Waals surface area contributed by atoms with E-state index in [1.807, 2.05) is 13.0 Å². The van der Waals surface area contributed by atoms with E-state index in [1.54, 1.807) is 13.0 Å². The van der Waals surface area contributed by atoms with Crippen molar-refractivity contribution in [1.29, 1.82) is 0 Å². The summed E-state index contributed by atoms with van der Waals surface area (Å²) in [5, 5.41) is 9.02. The second kappa shape index (κ2) is 5.70. The van der Waals surface area contributed by atoms with E-state index in [1.165, 1.54) is 6.07 Å². The number of hydrogen-bond acceptors (Lipinski definition) is 2. The second-order valence-corrected chi connectivity index (χ2v) is 5.22. The first-order chi connectivity index (χ1) is 9.02. The van der Waals surface area contributed by atoms with Crippen molar-refractivity contribution >= 4 is 5.97 Å². The first-order valence-corrected chi connectivity index (χ1v) is 6.78. The van der Waals surface area contributed by atoms with Crippen LogP contribution in [-0.4, -0.2) is 29.1 Å². The highest BCUT2D eigenvalue weighted by molar-refractivity contribution is 5.69. The number of aryl methyl sites for hydroxylation is 1. The fourth-order valence-electron chi connectivity index (χ4n) is 2.85. The van der Waals surface area contributed by atoms with Crippen molar-refractivity contribution in [2.24, 2.45) is 5.92 Å². The highest BCUT2D eigenvalue weighted by Crippen LogP contribution is 2.36. The average Bonchev–Trinajstić information content (AvgIpc) is 2.78. The van der Waals surface area contributed by atoms with Gasteiger partial charge in [-0.3, -0.25) is 9.69 Å². The number of carboxylic acid groups (broad SMARTS) is 1. The van der Waals surface area contributed by atoms with Crippen LogP contribution in [0.2, 0.25) is 0 Å². The maximum Gasteiger partial charge on any atom is 0.307 e. The molecular weight excluding hydrogens is 245 g/mol. The SMILES string of the molecule is CCN(CC(C)C(=O)O)C1CCc2cc(F)ccc21. The maximum absolute atomic E-state index is 13.2. The Bertz CT molecular complexity index is 475. The molecule has 0 heterocycles. The van der Waals surface area contributed by atoms with Crippen LogP contribution >= 0.6 is 0 Å². The lowest BCUT2D eigenvalue weighted by molar-refractivity contribution is -0.141. The van der Waals surface area contributed by atoms with Gasteiger partial charge >= 0.3 is 5.97 Å². The van der Waals surface area contributed by atoms with E-state index in [4.69, 9.17) is 5.11 Å². The lowest BCUT2D eigenvalue weighted by atomic mass is 10.0. The largest absolute Gasteiger partial charge is 0.481 e. The number of nitrogens with zero attached hydrogens (tertiary/aromatic N) is 1. The molecule has 0 bridgehead atoms. The minimum atomic E-state index is -0.768. The van der Waals surface area contributed by atoms with Crippen molar-refractivity contribution in [2.45, 2.75) is 32.7 Å². The Morgan fingerprint density at radius 1 is 1.58 bits per heavy atom. The fraction of sp³-hybridized carbons (Fsp3) is 0.533. The lowest BCUT2D eigenvalue weighted by Crippen LogP contribution is -2.34. The quantitative estimate of drug-likeness (QED) is 0.890. The highest BCUT2D eigenvalue weighted by Gasteiger charge is 2.29. The van der Waals surface area contributed by atoms with Gasteiger partial charge in [0.2, 0.25) is 0 Å². The molecule has 0 radical (unpaired) electrons. The van der Waals surface area contributed by atoms with E-state index in [0.29, 0.717) is 6.54 Å². The van der Waals surface area contributed by atoms with Crippen LogP contribution in [0, 0.1) is 11.7 Å². The summed E-state index contributed by atoms with van der Waals surface area (Å²) in [5.74, 6) is -1.35. The summed E-state index contributed by atoms with van der Waals surface area (Å²) in [6.07, 6.45) is 1.81. The van der Waals surface area contributed by atoms with Gasteiger partial charge in [-0.25, -0.2) is 4.39 Å². The molecule has 0 aliphatic heterocycles. The summed E-state index contributed by atoms with van der Waals surface area (Å²) in [4.78, 5) is 13.2. The Labute approximate surface area is 113 Å². The summed E-state index contributed by atoms with van der Waals surface area (Å²) in [7, 11) is 0. The smallest absolute Gasteiger partial charge is 0.307 e. The average molecular weight is 265 g/mol. The number of halogens is 1. The Hall–Kier alpha value is -1.42. The van der Waals surface area contributed by atoms with Gasteiger partial charge in [0.15, 0.2) is 0 Å². The van der Waals surface area contributed by atoms with Crippen molar-refractivity contribution < 1.29 is 14.3 Å². The molecule has 2 rings (SSSR count). The molecule has 4 heteroatoms. The zero-order valence-corrected chi connectivity index (χ0v) is 11.4. The van der Waals surface area contributed by atoms with Crippen molar-refractivity contribution in [3.05, 3.63) is 35.1 Å². The molecule has 104 valence electrons. The zero-order chi connectivity index (χ0) is 14.0. The van der Waals surface area contributed by atoms with E-state index in [-0.39, 0.29) is 17.8 Å².